The molecule has 0 saturated carbocycles. The topological polar surface area (TPSA) is 69.7 Å². The van der Waals surface area contributed by atoms with Crippen molar-refractivity contribution in [1.29, 1.82) is 0 Å². The Morgan fingerprint density at radius 2 is 1.59 bits per heavy atom. The van der Waals surface area contributed by atoms with Gasteiger partial charge in [0.05, 0.1) is 45.9 Å². The molecule has 1 rings (SSSR count). The maximum Gasteiger partial charge on any atom is 0.0976 e. The summed E-state index contributed by atoms with van der Waals surface area (Å²) in [6, 6.07) is 0. The highest BCUT2D eigenvalue weighted by Crippen LogP contribution is 2.22. The molecule has 102 valence electrons. The Bertz CT molecular complexity index is 190. The molecule has 1 fully saturated rings. The van der Waals surface area contributed by atoms with Crippen molar-refractivity contribution in [2.24, 2.45) is 5.73 Å². The number of rotatable bonds is 8. The van der Waals surface area contributed by atoms with Gasteiger partial charge in [-0.3, -0.25) is 0 Å². The molecule has 0 radical (unpaired) electrons. The van der Waals surface area contributed by atoms with Crippen molar-refractivity contribution < 1.29 is 14.8 Å². The van der Waals surface area contributed by atoms with Crippen LogP contribution in [0.3, 0.4) is 0 Å². The smallest absolute Gasteiger partial charge is 0.0976 e. The highest BCUT2D eigenvalue weighted by molar-refractivity contribution is 4.56. The Morgan fingerprint density at radius 3 is 2.06 bits per heavy atom. The van der Waals surface area contributed by atoms with Crippen LogP contribution in [0.15, 0.2) is 0 Å². The molecule has 1 aliphatic rings. The van der Waals surface area contributed by atoms with Crippen molar-refractivity contribution in [3.05, 3.63) is 0 Å². The van der Waals surface area contributed by atoms with E-state index in [1.807, 2.05) is 0 Å². The summed E-state index contributed by atoms with van der Waals surface area (Å²) in [4.78, 5) is 0. The molecular weight excluding hydrogens is 218 g/mol. The molecule has 0 bridgehead atoms. The number of aliphatic hydroxyl groups is 2. The highest BCUT2D eigenvalue weighted by atomic mass is 16.3. The van der Waals surface area contributed by atoms with Crippen LogP contribution in [0.5, 0.6) is 0 Å². The van der Waals surface area contributed by atoms with Crippen LogP contribution in [0.2, 0.25) is 0 Å². The zero-order chi connectivity index (χ0) is 12.6. The molecule has 1 saturated heterocycles. The molecule has 1 heterocycles. The van der Waals surface area contributed by atoms with E-state index >= 15 is 0 Å². The first-order valence-corrected chi connectivity index (χ1v) is 6.82. The molecule has 0 unspecified atom stereocenters. The van der Waals surface area contributed by atoms with Crippen LogP contribution in [0, 0.1) is 0 Å². The number of nitrogens with zero attached hydrogens (tertiary/aromatic N) is 2. The average molecular weight is 246 g/mol. The van der Waals surface area contributed by atoms with Crippen LogP contribution in [0.1, 0.15) is 25.7 Å². The van der Waals surface area contributed by atoms with Crippen molar-refractivity contribution in [3.63, 3.8) is 0 Å². The number of aliphatic hydroxyl groups excluding tert-OH is 2. The van der Waals surface area contributed by atoms with Crippen molar-refractivity contribution in [2.45, 2.75) is 25.7 Å². The standard InChI is InChI=1S/C12H28N3O2/c13-5-4-10-15(8-2-1-3-9-15)14(6-11-16)7-12-17/h16-17H,1-13H2/q+1. The first-order chi connectivity index (χ1) is 8.29. The minimum Gasteiger partial charge on any atom is -0.395 e. The van der Waals surface area contributed by atoms with E-state index in [9.17, 15) is 10.2 Å². The lowest BCUT2D eigenvalue weighted by molar-refractivity contribution is -1.04. The summed E-state index contributed by atoms with van der Waals surface area (Å²) in [5.74, 6) is 0. The molecule has 17 heavy (non-hydrogen) atoms. The fraction of sp³-hybridized carbons (Fsp3) is 1.00. The summed E-state index contributed by atoms with van der Waals surface area (Å²) < 4.78 is 0.915. The van der Waals surface area contributed by atoms with Gasteiger partial charge in [0.1, 0.15) is 0 Å². The number of hydrogen-bond acceptors (Lipinski definition) is 4. The number of piperidine rings is 1. The van der Waals surface area contributed by atoms with Gasteiger partial charge in [0.15, 0.2) is 0 Å². The van der Waals surface area contributed by atoms with Crippen molar-refractivity contribution in [2.75, 3.05) is 52.5 Å². The molecule has 0 amide bonds. The maximum atomic E-state index is 9.18. The molecule has 5 nitrogen and oxygen atoms in total. The van der Waals surface area contributed by atoms with Crippen LogP contribution >= 0.6 is 0 Å². The molecule has 0 aromatic rings. The third-order valence-electron chi connectivity index (χ3n) is 3.74. The zero-order valence-electron chi connectivity index (χ0n) is 10.9. The van der Waals surface area contributed by atoms with Gasteiger partial charge in [-0.15, -0.1) is 0 Å². The largest absolute Gasteiger partial charge is 0.395 e. The molecule has 0 aliphatic carbocycles. The van der Waals surface area contributed by atoms with Crippen molar-refractivity contribution in [1.82, 2.24) is 5.01 Å². The van der Waals surface area contributed by atoms with E-state index in [1.54, 1.807) is 0 Å². The summed E-state index contributed by atoms with van der Waals surface area (Å²) in [5.41, 5.74) is 5.63. The second-order valence-electron chi connectivity index (χ2n) is 4.87. The van der Waals surface area contributed by atoms with Gasteiger partial charge in [0.2, 0.25) is 0 Å². The van der Waals surface area contributed by atoms with Crippen molar-refractivity contribution in [3.8, 4) is 0 Å². The predicted octanol–water partition coefficient (Wildman–Crippen LogP) is -0.462. The lowest BCUT2D eigenvalue weighted by Crippen LogP contribution is -2.64. The quantitative estimate of drug-likeness (QED) is 0.507. The Labute approximate surface area is 104 Å². The van der Waals surface area contributed by atoms with Gasteiger partial charge in [-0.1, -0.05) is 0 Å². The molecule has 0 aromatic heterocycles. The predicted molar refractivity (Wildman–Crippen MR) is 68.1 cm³/mol. The van der Waals surface area contributed by atoms with E-state index in [1.165, 1.54) is 19.3 Å². The number of hydrogen-bond donors (Lipinski definition) is 3. The van der Waals surface area contributed by atoms with E-state index in [2.05, 4.69) is 5.01 Å². The first-order valence-electron chi connectivity index (χ1n) is 6.82. The number of quaternary nitrogens is 1. The van der Waals surface area contributed by atoms with Gasteiger partial charge < -0.3 is 15.9 Å². The number of likely N-dealkylation sites (tertiary alicyclic amines) is 1. The minimum absolute atomic E-state index is 0.155. The molecule has 0 aromatic carbocycles. The molecule has 4 N–H and O–H groups in total. The van der Waals surface area contributed by atoms with Gasteiger partial charge in [-0.05, 0) is 25.8 Å². The zero-order valence-corrected chi connectivity index (χ0v) is 10.9. The molecule has 0 spiro atoms. The van der Waals surface area contributed by atoms with Crippen LogP contribution in [0.4, 0.5) is 0 Å². The molecule has 5 heteroatoms. The van der Waals surface area contributed by atoms with Crippen LogP contribution in [-0.2, 0) is 0 Å². The van der Waals surface area contributed by atoms with Crippen LogP contribution in [-0.4, -0.2) is 72.3 Å². The van der Waals surface area contributed by atoms with Crippen LogP contribution in [0.25, 0.3) is 0 Å². The molecule has 0 atom stereocenters. The summed E-state index contributed by atoms with van der Waals surface area (Å²) in [6.07, 6.45) is 4.78. The van der Waals surface area contributed by atoms with E-state index in [4.69, 9.17) is 5.73 Å². The summed E-state index contributed by atoms with van der Waals surface area (Å²) in [5, 5.41) is 20.6. The Balaban J connectivity index is 2.68. The van der Waals surface area contributed by atoms with E-state index < -0.39 is 0 Å². The molecule has 1 aliphatic heterocycles. The van der Waals surface area contributed by atoms with Gasteiger partial charge in [-0.2, -0.15) is 5.01 Å². The van der Waals surface area contributed by atoms with Gasteiger partial charge in [0, 0.05) is 6.42 Å². The van der Waals surface area contributed by atoms with E-state index in [0.29, 0.717) is 19.6 Å². The summed E-state index contributed by atoms with van der Waals surface area (Å²) >= 11 is 0. The van der Waals surface area contributed by atoms with E-state index in [0.717, 1.165) is 30.6 Å². The fourth-order valence-corrected chi connectivity index (χ4v) is 2.90. The third kappa shape index (κ3) is 4.19. The second kappa shape index (κ2) is 8.00. The SMILES string of the molecule is NCCC[N+]1(N(CCO)CCO)CCCCC1. The first kappa shape index (κ1) is 14.9. The second-order valence-corrected chi connectivity index (χ2v) is 4.87. The normalized spacial score (nSPS) is 19.8. The lowest BCUT2D eigenvalue weighted by atomic mass is 10.1. The maximum absolute atomic E-state index is 9.18. The van der Waals surface area contributed by atoms with E-state index in [-0.39, 0.29) is 13.2 Å². The lowest BCUT2D eigenvalue weighted by Gasteiger charge is -2.48. The van der Waals surface area contributed by atoms with Crippen molar-refractivity contribution >= 4 is 0 Å². The number of nitrogens with two attached hydrogens (primary N) is 1. The van der Waals surface area contributed by atoms with Gasteiger partial charge in [-0.25, -0.2) is 4.59 Å². The summed E-state index contributed by atoms with van der Waals surface area (Å²) in [7, 11) is 0. The van der Waals surface area contributed by atoms with Gasteiger partial charge in [0.25, 0.3) is 0 Å². The Kier molecular flexibility index (Phi) is 6.99. The molecular formula is C12H28N3O2+. The van der Waals surface area contributed by atoms with Gasteiger partial charge >= 0.3 is 0 Å². The Morgan fingerprint density at radius 1 is 1.00 bits per heavy atom. The third-order valence-corrected chi connectivity index (χ3v) is 3.74. The fourth-order valence-electron chi connectivity index (χ4n) is 2.90. The Hall–Kier alpha value is -0.200. The monoisotopic (exact) mass is 246 g/mol. The minimum atomic E-state index is 0.155. The summed E-state index contributed by atoms with van der Waals surface area (Å²) in [6.45, 7) is 5.60. The highest BCUT2D eigenvalue weighted by Gasteiger charge is 2.35. The van der Waals surface area contributed by atoms with Crippen LogP contribution < -0.4 is 5.73 Å². The average Bonchev–Trinajstić information content (AvgIpc) is 2.37.